The van der Waals surface area contributed by atoms with Crippen LogP contribution >= 0.6 is 0 Å². The molecule has 0 saturated carbocycles. The number of benzene rings is 1. The smallest absolute Gasteiger partial charge is 0.257 e. The van der Waals surface area contributed by atoms with E-state index in [1.807, 2.05) is 20.8 Å². The van der Waals surface area contributed by atoms with Crippen molar-refractivity contribution in [3.63, 3.8) is 0 Å². The fourth-order valence-corrected chi connectivity index (χ4v) is 3.61. The van der Waals surface area contributed by atoms with E-state index in [0.29, 0.717) is 30.0 Å². The van der Waals surface area contributed by atoms with Crippen LogP contribution in [-0.2, 0) is 4.74 Å². The zero-order valence-corrected chi connectivity index (χ0v) is 15.6. The number of carbonyl (C=O) groups is 1. The molecule has 0 bridgehead atoms. The van der Waals surface area contributed by atoms with Gasteiger partial charge in [0.25, 0.3) is 5.91 Å². The Balaban J connectivity index is 1.99. The molecule has 7 heteroatoms. The van der Waals surface area contributed by atoms with Crippen LogP contribution in [0, 0.1) is 25.5 Å². The van der Waals surface area contributed by atoms with Gasteiger partial charge in [-0.25, -0.2) is 13.5 Å². The average molecular weight is 363 g/mol. The first-order valence-electron chi connectivity index (χ1n) is 8.58. The Hall–Kier alpha value is -2.28. The number of hydrogen-bond acceptors (Lipinski definition) is 3. The third kappa shape index (κ3) is 3.35. The van der Waals surface area contributed by atoms with E-state index in [2.05, 4.69) is 5.10 Å². The molecule has 1 unspecified atom stereocenters. The summed E-state index contributed by atoms with van der Waals surface area (Å²) in [4.78, 5) is 14.9. The molecule has 1 aliphatic heterocycles. The molecule has 5 nitrogen and oxygen atoms in total. The number of halogens is 2. The van der Waals surface area contributed by atoms with E-state index in [1.165, 1.54) is 16.8 Å². The van der Waals surface area contributed by atoms with E-state index in [-0.39, 0.29) is 17.7 Å². The van der Waals surface area contributed by atoms with Gasteiger partial charge in [-0.05, 0) is 46.8 Å². The first-order chi connectivity index (χ1) is 12.1. The first kappa shape index (κ1) is 18.5. The summed E-state index contributed by atoms with van der Waals surface area (Å²) in [5, 5.41) is 4.32. The molecule has 1 atom stereocenters. The van der Waals surface area contributed by atoms with Crippen molar-refractivity contribution in [3.05, 3.63) is 46.8 Å². The zero-order chi connectivity index (χ0) is 19.2. The maximum absolute atomic E-state index is 14.2. The first-order valence-corrected chi connectivity index (χ1v) is 8.58. The largest absolute Gasteiger partial charge is 0.369 e. The van der Waals surface area contributed by atoms with Crippen molar-refractivity contribution in [2.24, 2.45) is 0 Å². The number of nitrogens with zero attached hydrogens (tertiary/aromatic N) is 3. The third-order valence-corrected chi connectivity index (χ3v) is 4.50. The standard InChI is InChI=1S/C19H23F2N3O2/c1-11-9-23(10-19(4,5)26-11)18(25)17-12(2)22-24(13(17)3)16-7-6-14(20)8-15(16)21/h6-8,11H,9-10H2,1-5H3. The van der Waals surface area contributed by atoms with Crippen molar-refractivity contribution in [2.45, 2.75) is 46.3 Å². The van der Waals surface area contributed by atoms with Crippen LogP contribution in [0.4, 0.5) is 8.78 Å². The highest BCUT2D eigenvalue weighted by Crippen LogP contribution is 2.26. The van der Waals surface area contributed by atoms with Crippen molar-refractivity contribution in [1.29, 1.82) is 0 Å². The number of morpholine rings is 1. The summed E-state index contributed by atoms with van der Waals surface area (Å²) in [6.45, 7) is 10.2. The fraction of sp³-hybridized carbons (Fsp3) is 0.474. The molecule has 2 heterocycles. The maximum Gasteiger partial charge on any atom is 0.257 e. The van der Waals surface area contributed by atoms with Crippen molar-refractivity contribution in [3.8, 4) is 5.69 Å². The van der Waals surface area contributed by atoms with Crippen LogP contribution in [0.15, 0.2) is 18.2 Å². The number of carbonyl (C=O) groups excluding carboxylic acids is 1. The molecule has 1 aliphatic rings. The highest BCUT2D eigenvalue weighted by molar-refractivity contribution is 5.96. The zero-order valence-electron chi connectivity index (χ0n) is 15.6. The molecule has 3 rings (SSSR count). The van der Waals surface area contributed by atoms with Gasteiger partial charge in [-0.2, -0.15) is 5.10 Å². The quantitative estimate of drug-likeness (QED) is 0.822. The predicted molar refractivity (Wildman–Crippen MR) is 93.5 cm³/mol. The topological polar surface area (TPSA) is 47.4 Å². The molecule has 0 aliphatic carbocycles. The minimum atomic E-state index is -0.726. The van der Waals surface area contributed by atoms with E-state index in [4.69, 9.17) is 4.74 Å². The van der Waals surface area contributed by atoms with Gasteiger partial charge in [0.15, 0.2) is 5.82 Å². The van der Waals surface area contributed by atoms with Gasteiger partial charge in [0.05, 0.1) is 28.7 Å². The van der Waals surface area contributed by atoms with Gasteiger partial charge >= 0.3 is 0 Å². The summed E-state index contributed by atoms with van der Waals surface area (Å²) < 4.78 is 34.5. The van der Waals surface area contributed by atoms with Crippen molar-refractivity contribution in [1.82, 2.24) is 14.7 Å². The number of rotatable bonds is 2. The van der Waals surface area contributed by atoms with Crippen LogP contribution < -0.4 is 0 Å². The van der Waals surface area contributed by atoms with E-state index in [9.17, 15) is 13.6 Å². The minimum absolute atomic E-state index is 0.0760. The van der Waals surface area contributed by atoms with E-state index in [1.54, 1.807) is 18.7 Å². The van der Waals surface area contributed by atoms with Crippen molar-refractivity contribution < 1.29 is 18.3 Å². The lowest BCUT2D eigenvalue weighted by molar-refractivity contribution is -0.118. The Kier molecular flexibility index (Phi) is 4.60. The monoisotopic (exact) mass is 363 g/mol. The lowest BCUT2D eigenvalue weighted by Gasteiger charge is -2.41. The second-order valence-corrected chi connectivity index (χ2v) is 7.43. The molecular formula is C19H23F2N3O2. The Bertz CT molecular complexity index is 861. The van der Waals surface area contributed by atoms with E-state index < -0.39 is 17.2 Å². The van der Waals surface area contributed by atoms with Crippen LogP contribution in [0.25, 0.3) is 5.69 Å². The normalized spacial score (nSPS) is 19.7. The van der Waals surface area contributed by atoms with Gasteiger partial charge < -0.3 is 9.64 Å². The molecule has 0 radical (unpaired) electrons. The summed E-state index contributed by atoms with van der Waals surface area (Å²) in [6, 6.07) is 3.29. The molecule has 1 aromatic carbocycles. The maximum atomic E-state index is 14.2. The van der Waals surface area contributed by atoms with Crippen LogP contribution in [0.2, 0.25) is 0 Å². The molecule has 1 fully saturated rings. The second-order valence-electron chi connectivity index (χ2n) is 7.43. The van der Waals surface area contributed by atoms with Gasteiger partial charge in [-0.1, -0.05) is 0 Å². The summed E-state index contributed by atoms with van der Waals surface area (Å²) in [5.74, 6) is -1.54. The molecule has 0 N–H and O–H groups in total. The van der Waals surface area contributed by atoms with E-state index in [0.717, 1.165) is 6.07 Å². The SMILES string of the molecule is Cc1nn(-c2ccc(F)cc2F)c(C)c1C(=O)N1CC(C)OC(C)(C)C1. The van der Waals surface area contributed by atoms with Gasteiger partial charge in [-0.3, -0.25) is 4.79 Å². The van der Waals surface area contributed by atoms with Crippen LogP contribution in [0.3, 0.4) is 0 Å². The predicted octanol–water partition coefficient (Wildman–Crippen LogP) is 3.41. The molecule has 140 valence electrons. The van der Waals surface area contributed by atoms with Gasteiger partial charge in [0.2, 0.25) is 0 Å². The second kappa shape index (κ2) is 6.46. The van der Waals surface area contributed by atoms with Gasteiger partial charge in [-0.15, -0.1) is 0 Å². The average Bonchev–Trinajstić information content (AvgIpc) is 2.79. The highest BCUT2D eigenvalue weighted by Gasteiger charge is 2.35. The van der Waals surface area contributed by atoms with Gasteiger partial charge in [0, 0.05) is 19.2 Å². The van der Waals surface area contributed by atoms with Crippen molar-refractivity contribution in [2.75, 3.05) is 13.1 Å². The lowest BCUT2D eigenvalue weighted by Crippen LogP contribution is -2.53. The summed E-state index contributed by atoms with van der Waals surface area (Å²) in [6.07, 6.45) is -0.0760. The molecule has 26 heavy (non-hydrogen) atoms. The molecular weight excluding hydrogens is 340 g/mol. The van der Waals surface area contributed by atoms with Gasteiger partial charge in [0.1, 0.15) is 11.5 Å². The van der Waals surface area contributed by atoms with Crippen molar-refractivity contribution >= 4 is 5.91 Å². The molecule has 1 saturated heterocycles. The summed E-state index contributed by atoms with van der Waals surface area (Å²) in [7, 11) is 0. The number of hydrogen-bond donors (Lipinski definition) is 0. The molecule has 1 amide bonds. The Morgan fingerprint density at radius 3 is 2.62 bits per heavy atom. The van der Waals surface area contributed by atoms with Crippen LogP contribution in [-0.4, -0.2) is 45.4 Å². The highest BCUT2D eigenvalue weighted by atomic mass is 19.1. The molecule has 2 aromatic rings. The molecule has 1 aromatic heterocycles. The third-order valence-electron chi connectivity index (χ3n) is 4.50. The summed E-state index contributed by atoms with van der Waals surface area (Å²) >= 11 is 0. The Morgan fingerprint density at radius 2 is 2.00 bits per heavy atom. The number of amides is 1. The molecule has 0 spiro atoms. The number of ether oxygens (including phenoxy) is 1. The van der Waals surface area contributed by atoms with Crippen LogP contribution in [0.5, 0.6) is 0 Å². The number of aryl methyl sites for hydroxylation is 1. The summed E-state index contributed by atoms with van der Waals surface area (Å²) in [5.41, 5.74) is 1.15. The van der Waals surface area contributed by atoms with E-state index >= 15 is 0 Å². The number of aromatic nitrogens is 2. The van der Waals surface area contributed by atoms with Crippen LogP contribution in [0.1, 0.15) is 42.5 Å². The lowest BCUT2D eigenvalue weighted by atomic mass is 10.0. The minimum Gasteiger partial charge on any atom is -0.369 e. The Labute approximate surface area is 151 Å². The fourth-order valence-electron chi connectivity index (χ4n) is 3.61. The Morgan fingerprint density at radius 1 is 1.31 bits per heavy atom.